The minimum absolute atomic E-state index is 0.0920. The molecule has 2 N–H and O–H groups in total. The highest BCUT2D eigenvalue weighted by Gasteiger charge is 2.15. The van der Waals surface area contributed by atoms with Crippen LogP contribution in [-0.4, -0.2) is 35.8 Å². The van der Waals surface area contributed by atoms with E-state index in [4.69, 9.17) is 21.7 Å². The number of pyridine rings is 1. The lowest BCUT2D eigenvalue weighted by atomic mass is 10.1. The molecule has 4 rings (SSSR count). The van der Waals surface area contributed by atoms with Crippen molar-refractivity contribution in [3.05, 3.63) is 105 Å². The number of aromatic amines is 1. The van der Waals surface area contributed by atoms with E-state index in [1.165, 1.54) is 0 Å². The number of H-pyrrole nitrogens is 1. The second-order valence-electron chi connectivity index (χ2n) is 9.18. The third kappa shape index (κ3) is 6.49. The molecule has 0 aliphatic rings. The van der Waals surface area contributed by atoms with Gasteiger partial charge >= 0.3 is 0 Å². The van der Waals surface area contributed by atoms with Crippen molar-refractivity contribution in [3.8, 4) is 11.5 Å². The second-order valence-corrected chi connectivity index (χ2v) is 9.57. The van der Waals surface area contributed by atoms with E-state index in [1.807, 2.05) is 54.3 Å². The Kier molecular flexibility index (Phi) is 8.46. The van der Waals surface area contributed by atoms with Crippen molar-refractivity contribution in [2.45, 2.75) is 33.4 Å². The molecule has 3 aromatic carbocycles. The molecular weight excluding hydrogens is 482 g/mol. The largest absolute Gasteiger partial charge is 0.493 e. The monoisotopic (exact) mass is 515 g/mol. The number of nitrogens with one attached hydrogen (secondary N) is 2. The van der Waals surface area contributed by atoms with E-state index in [1.54, 1.807) is 14.2 Å². The number of thiocarbonyl (C=S) groups is 1. The number of benzene rings is 3. The van der Waals surface area contributed by atoms with Crippen molar-refractivity contribution in [3.63, 3.8) is 0 Å². The summed E-state index contributed by atoms with van der Waals surface area (Å²) in [5.41, 5.74) is 5.92. The summed E-state index contributed by atoms with van der Waals surface area (Å²) in [6.45, 7) is 5.72. The fourth-order valence-electron chi connectivity index (χ4n) is 4.52. The predicted molar refractivity (Wildman–Crippen MR) is 154 cm³/mol. The Morgan fingerprint density at radius 2 is 1.68 bits per heavy atom. The Bertz CT molecular complexity index is 1450. The van der Waals surface area contributed by atoms with Gasteiger partial charge in [0.25, 0.3) is 5.56 Å². The molecule has 0 aliphatic heterocycles. The lowest BCUT2D eigenvalue weighted by Gasteiger charge is -2.26. The molecule has 0 amide bonds. The van der Waals surface area contributed by atoms with Gasteiger partial charge in [0.2, 0.25) is 0 Å². The predicted octanol–water partition coefficient (Wildman–Crippen LogP) is 5.28. The van der Waals surface area contributed by atoms with Gasteiger partial charge in [-0.05, 0) is 78.8 Å². The number of fused-ring (bicyclic) bond motifs is 1. The summed E-state index contributed by atoms with van der Waals surface area (Å²) in [4.78, 5) is 18.1. The van der Waals surface area contributed by atoms with Crippen LogP contribution in [0.4, 0.5) is 0 Å². The summed E-state index contributed by atoms with van der Waals surface area (Å²) < 4.78 is 10.8. The van der Waals surface area contributed by atoms with E-state index in [2.05, 4.69) is 41.5 Å². The molecule has 7 heteroatoms. The lowest BCUT2D eigenvalue weighted by Crippen LogP contribution is -2.40. The molecule has 0 saturated heterocycles. The molecule has 0 aliphatic carbocycles. The van der Waals surface area contributed by atoms with Gasteiger partial charge in [-0.15, -0.1) is 0 Å². The summed E-state index contributed by atoms with van der Waals surface area (Å²) >= 11 is 5.82. The molecule has 0 bridgehead atoms. The zero-order valence-electron chi connectivity index (χ0n) is 21.8. The molecule has 4 aromatic rings. The number of aryl methyl sites for hydroxylation is 2. The van der Waals surface area contributed by atoms with Gasteiger partial charge in [-0.25, -0.2) is 0 Å². The molecule has 6 nitrogen and oxygen atoms in total. The Morgan fingerprint density at radius 1 is 0.919 bits per heavy atom. The second kappa shape index (κ2) is 11.9. The minimum atomic E-state index is -0.0920. The summed E-state index contributed by atoms with van der Waals surface area (Å²) in [5, 5.41) is 5.01. The standard InChI is InChI=1S/C30H33N3O3S/c1-20-14-21(2)28-24(15-20)17-25(29(34)32-28)19-33(18-23-8-6-5-7-9-23)30(37)31-13-12-22-10-11-26(35-3)27(16-22)36-4/h5-11,14-17H,12-13,18-19H2,1-4H3,(H,31,37)(H,32,34). The van der Waals surface area contributed by atoms with Crippen LogP contribution in [0.15, 0.2) is 71.5 Å². The maximum Gasteiger partial charge on any atom is 0.253 e. The SMILES string of the molecule is COc1ccc(CCNC(=S)N(Cc2ccccc2)Cc2cc3cc(C)cc(C)c3[nH]c2=O)cc1OC. The van der Waals surface area contributed by atoms with Crippen LogP contribution in [0.2, 0.25) is 0 Å². The van der Waals surface area contributed by atoms with Gasteiger partial charge in [-0.1, -0.05) is 48.0 Å². The Hall–Kier alpha value is -3.84. The van der Waals surface area contributed by atoms with Crippen molar-refractivity contribution < 1.29 is 9.47 Å². The average Bonchev–Trinajstić information content (AvgIpc) is 2.89. The van der Waals surface area contributed by atoms with E-state index in [0.29, 0.717) is 41.8 Å². The van der Waals surface area contributed by atoms with Crippen molar-refractivity contribution >= 4 is 28.2 Å². The highest BCUT2D eigenvalue weighted by atomic mass is 32.1. The average molecular weight is 516 g/mol. The van der Waals surface area contributed by atoms with Gasteiger partial charge in [0.05, 0.1) is 26.3 Å². The maximum absolute atomic E-state index is 13.0. The van der Waals surface area contributed by atoms with Gasteiger partial charge in [0.15, 0.2) is 16.6 Å². The van der Waals surface area contributed by atoms with Crippen LogP contribution < -0.4 is 20.3 Å². The third-order valence-corrected chi connectivity index (χ3v) is 6.78. The van der Waals surface area contributed by atoms with E-state index in [0.717, 1.165) is 39.6 Å². The van der Waals surface area contributed by atoms with Crippen LogP contribution in [0.25, 0.3) is 10.9 Å². The smallest absolute Gasteiger partial charge is 0.253 e. The number of nitrogens with zero attached hydrogens (tertiary/aromatic N) is 1. The minimum Gasteiger partial charge on any atom is -0.493 e. The van der Waals surface area contributed by atoms with Crippen LogP contribution in [0.5, 0.6) is 11.5 Å². The normalized spacial score (nSPS) is 10.8. The molecule has 0 saturated carbocycles. The first-order chi connectivity index (χ1) is 17.9. The number of hydrogen-bond donors (Lipinski definition) is 2. The fourth-order valence-corrected chi connectivity index (χ4v) is 4.75. The van der Waals surface area contributed by atoms with E-state index < -0.39 is 0 Å². The van der Waals surface area contributed by atoms with Crippen molar-refractivity contribution in [1.82, 2.24) is 15.2 Å². The molecule has 192 valence electrons. The van der Waals surface area contributed by atoms with Gasteiger partial charge in [-0.2, -0.15) is 0 Å². The third-order valence-electron chi connectivity index (χ3n) is 6.37. The van der Waals surface area contributed by atoms with Crippen LogP contribution in [0.3, 0.4) is 0 Å². The number of methoxy groups -OCH3 is 2. The lowest BCUT2D eigenvalue weighted by molar-refractivity contribution is 0.354. The Balaban J connectivity index is 1.52. The fraction of sp³-hybridized carbons (Fsp3) is 0.267. The first-order valence-electron chi connectivity index (χ1n) is 12.3. The molecule has 1 heterocycles. The van der Waals surface area contributed by atoms with Crippen LogP contribution in [0, 0.1) is 13.8 Å². The van der Waals surface area contributed by atoms with Crippen molar-refractivity contribution in [2.24, 2.45) is 0 Å². The maximum atomic E-state index is 13.0. The van der Waals surface area contributed by atoms with Crippen LogP contribution in [-0.2, 0) is 19.5 Å². The molecule has 0 radical (unpaired) electrons. The Morgan fingerprint density at radius 3 is 2.41 bits per heavy atom. The van der Waals surface area contributed by atoms with E-state index in [9.17, 15) is 4.79 Å². The van der Waals surface area contributed by atoms with Crippen molar-refractivity contribution in [1.29, 1.82) is 0 Å². The summed E-state index contributed by atoms with van der Waals surface area (Å²) in [6, 6.07) is 22.2. The number of hydrogen-bond acceptors (Lipinski definition) is 4. The zero-order valence-corrected chi connectivity index (χ0v) is 22.6. The van der Waals surface area contributed by atoms with E-state index >= 15 is 0 Å². The van der Waals surface area contributed by atoms with Gasteiger partial charge in [0.1, 0.15) is 0 Å². The van der Waals surface area contributed by atoms with Gasteiger partial charge in [-0.3, -0.25) is 4.79 Å². The summed E-state index contributed by atoms with van der Waals surface area (Å²) in [7, 11) is 3.26. The topological polar surface area (TPSA) is 66.6 Å². The van der Waals surface area contributed by atoms with Crippen LogP contribution >= 0.6 is 12.2 Å². The zero-order chi connectivity index (χ0) is 26.4. The Labute approximate surface area is 223 Å². The number of aromatic nitrogens is 1. The number of rotatable bonds is 9. The highest BCUT2D eigenvalue weighted by molar-refractivity contribution is 7.80. The summed E-state index contributed by atoms with van der Waals surface area (Å²) in [6.07, 6.45) is 0.759. The molecular formula is C30H33N3O3S. The summed E-state index contributed by atoms with van der Waals surface area (Å²) in [5.74, 6) is 1.41. The van der Waals surface area contributed by atoms with Crippen LogP contribution in [0.1, 0.15) is 27.8 Å². The quantitative estimate of drug-likeness (QED) is 0.296. The van der Waals surface area contributed by atoms with Gasteiger partial charge in [0, 0.05) is 18.7 Å². The molecule has 1 aromatic heterocycles. The number of ether oxygens (including phenoxy) is 2. The molecule has 0 spiro atoms. The first-order valence-corrected chi connectivity index (χ1v) is 12.7. The first kappa shape index (κ1) is 26.2. The van der Waals surface area contributed by atoms with Crippen molar-refractivity contribution in [2.75, 3.05) is 20.8 Å². The molecule has 37 heavy (non-hydrogen) atoms. The molecule has 0 unspecified atom stereocenters. The van der Waals surface area contributed by atoms with E-state index in [-0.39, 0.29) is 5.56 Å². The molecule has 0 fully saturated rings. The highest BCUT2D eigenvalue weighted by Crippen LogP contribution is 2.27. The van der Waals surface area contributed by atoms with Gasteiger partial charge < -0.3 is 24.7 Å². The molecule has 0 atom stereocenters.